The number of carbonyl (C=O) groups is 5. The van der Waals surface area contributed by atoms with E-state index in [4.69, 9.17) is 0 Å². The number of hydrogen-bond acceptors (Lipinski definition) is 5. The predicted molar refractivity (Wildman–Crippen MR) is 338 cm³/mol. The minimum absolute atomic E-state index is 0.188. The highest BCUT2D eigenvalue weighted by Crippen LogP contribution is 2.92. The summed E-state index contributed by atoms with van der Waals surface area (Å²) in [6, 6.07) is 64.0. The van der Waals surface area contributed by atoms with Gasteiger partial charge in [0.2, 0.25) is 0 Å². The van der Waals surface area contributed by atoms with Crippen LogP contribution >= 0.6 is 11.6 Å². The summed E-state index contributed by atoms with van der Waals surface area (Å²) in [4.78, 5) is 61.6. The summed E-state index contributed by atoms with van der Waals surface area (Å²) in [5.74, 6) is -4.76. The lowest BCUT2D eigenvalue weighted by atomic mass is 9.40. The summed E-state index contributed by atoms with van der Waals surface area (Å²) < 4.78 is 0. The number of carboxylic acid groups (broad SMARTS) is 5. The fourth-order valence-electron chi connectivity index (χ4n) is 21.3. The van der Waals surface area contributed by atoms with Gasteiger partial charge in [0.15, 0.2) is 0 Å². The van der Waals surface area contributed by atoms with Crippen LogP contribution in [0.25, 0.3) is 55.6 Å². The molecule has 0 heterocycles. The normalized spacial score (nSPS) is 24.7. The summed E-state index contributed by atoms with van der Waals surface area (Å²) in [6.07, 6.45) is -0.960. The van der Waals surface area contributed by atoms with Crippen LogP contribution in [0.5, 0.6) is 0 Å². The third-order valence-corrected chi connectivity index (χ3v) is 24.1. The largest absolute Gasteiger partial charge is 0.481 e. The first-order valence-corrected chi connectivity index (χ1v) is 31.2. The van der Waals surface area contributed by atoms with Crippen molar-refractivity contribution in [1.82, 2.24) is 0 Å². The summed E-state index contributed by atoms with van der Waals surface area (Å²) >= 11 is 10.4. The van der Waals surface area contributed by atoms with Crippen LogP contribution < -0.4 is 0 Å². The van der Waals surface area contributed by atoms with Crippen molar-refractivity contribution in [2.24, 2.45) is 0 Å². The lowest BCUT2D eigenvalue weighted by Crippen LogP contribution is -2.65. The van der Waals surface area contributed by atoms with Gasteiger partial charge in [-0.25, -0.2) is 0 Å². The Balaban J connectivity index is 1.08. The molecule has 0 bridgehead atoms. The smallest absolute Gasteiger partial charge is 0.307 e. The van der Waals surface area contributed by atoms with Crippen LogP contribution in [0.3, 0.4) is 0 Å². The van der Waals surface area contributed by atoms with Gasteiger partial charge in [-0.3, -0.25) is 24.0 Å². The molecule has 432 valence electrons. The maximum atomic E-state index is 12.7. The minimum atomic E-state index is -1.63. The lowest BCUT2D eigenvalue weighted by molar-refractivity contribution is -0.137. The zero-order valence-corrected chi connectivity index (χ0v) is 48.8. The zero-order valence-electron chi connectivity index (χ0n) is 48.0. The standard InChI is InChI=1S/C80H45ClO10/c81-80-73-71-72-74(80)78(44-17-7-39(8-18-44)34-59(88)89)66-51-26-24-49-47-22-21-46-48-23-25-50-52-27-29-54-55-30-28-53(51)68(78)70(55)79(80,45-19-9-40(10-20-45)35-60(90)91)69(54)67(52)77(73,43-15-5-38(6-16-43)33-58(86)87)65(50)63(48)75(71,41-11-1-36(2-12-41)31-56(82)83)61(46)62(47)76(72,64(49)66)42-13-3-37(4-14-42)32-57(84)85/h1-30H,31-35H2,(H,82,83)(H,84,85)(H,86,87)(H,88,89)(H,90,91)/t75-,76+,77-,78+,79?,80?. The van der Waals surface area contributed by atoms with Crippen LogP contribution in [0, 0.1) is 0 Å². The first-order chi connectivity index (χ1) is 44.1. The van der Waals surface area contributed by atoms with Gasteiger partial charge in [-0.2, -0.15) is 0 Å². The zero-order chi connectivity index (χ0) is 61.3. The first-order valence-electron chi connectivity index (χ1n) is 30.8. The number of halogens is 1. The Morgan fingerprint density at radius 2 is 0.440 bits per heavy atom. The van der Waals surface area contributed by atoms with Crippen LogP contribution in [0.4, 0.5) is 0 Å². The average Bonchev–Trinajstić information content (AvgIpc) is 1.39. The van der Waals surface area contributed by atoms with Gasteiger partial charge in [0, 0.05) is 0 Å². The molecule has 5 N–H and O–H groups in total. The second-order valence-electron chi connectivity index (χ2n) is 26.8. The lowest BCUT2D eigenvalue weighted by Gasteiger charge is -2.64. The van der Waals surface area contributed by atoms with E-state index in [9.17, 15) is 61.1 Å². The Hall–Kier alpha value is -10.7. The molecule has 0 aliphatic heterocycles. The second kappa shape index (κ2) is 15.5. The number of allylic oxidation sites excluding steroid dienone is 4. The van der Waals surface area contributed by atoms with Gasteiger partial charge in [0.25, 0.3) is 0 Å². The molecule has 0 amide bonds. The fourth-order valence-corrected chi connectivity index (χ4v) is 22.1. The molecule has 91 heavy (non-hydrogen) atoms. The summed E-state index contributed by atoms with van der Waals surface area (Å²) in [5, 5.41) is 51.8. The Kier molecular flexibility index (Phi) is 8.54. The molecule has 0 spiro atoms. The molecule has 2 unspecified atom stereocenters. The average molecular weight is 1200 g/mol. The Bertz CT molecular complexity index is 5170. The third-order valence-electron chi connectivity index (χ3n) is 23.4. The van der Waals surface area contributed by atoms with Crippen LogP contribution in [-0.4, -0.2) is 60.3 Å². The molecule has 0 saturated carbocycles. The Morgan fingerprint density at radius 3 is 0.670 bits per heavy atom. The van der Waals surface area contributed by atoms with E-state index in [0.29, 0.717) is 27.8 Å². The number of alkyl halides is 1. The molecule has 10 nitrogen and oxygen atoms in total. The van der Waals surface area contributed by atoms with E-state index in [1.807, 2.05) is 60.7 Å². The molecule has 21 rings (SSSR count). The molecule has 10 aromatic carbocycles. The molecule has 10 aromatic rings. The SMILES string of the molecule is O=C(O)Cc1ccc(C23c4c5ccc6c4[C@@]4(c7ccc(CC(=O)O)cc7)C7=C8C9=C(C72Cl)[C@@]2(c7ccc(CC(=O)O)cc7)c7c(ccc-5c73)-c3ccc5c(c32)[C@@]9(c2ccc(CC(=O)O)cc2)c2c-5ccc3c2[C@@]8(c2ccc(CC(=O)O)cc2)c2c-3ccc-6c24)cc1. The van der Waals surface area contributed by atoms with Gasteiger partial charge < -0.3 is 25.5 Å². The third kappa shape index (κ3) is 4.89. The Morgan fingerprint density at radius 1 is 0.253 bits per heavy atom. The van der Waals surface area contributed by atoms with Gasteiger partial charge >= 0.3 is 29.8 Å². The van der Waals surface area contributed by atoms with E-state index in [-0.39, 0.29) is 32.1 Å². The van der Waals surface area contributed by atoms with Crippen molar-refractivity contribution >= 4 is 41.4 Å². The van der Waals surface area contributed by atoms with Crippen LogP contribution in [0.15, 0.2) is 204 Å². The number of benzene rings is 10. The monoisotopic (exact) mass is 1200 g/mol. The van der Waals surface area contributed by atoms with Crippen molar-refractivity contribution in [3.63, 3.8) is 0 Å². The number of aliphatic carboxylic acids is 5. The van der Waals surface area contributed by atoms with Crippen molar-refractivity contribution in [2.75, 3.05) is 0 Å². The quantitative estimate of drug-likeness (QED) is 0.0619. The number of carboxylic acids is 5. The van der Waals surface area contributed by atoms with Gasteiger partial charge in [-0.1, -0.05) is 182 Å². The van der Waals surface area contributed by atoms with Gasteiger partial charge in [-0.15, -0.1) is 11.6 Å². The van der Waals surface area contributed by atoms with E-state index < -0.39 is 61.8 Å². The molecule has 0 fully saturated rings. The molecule has 0 saturated heterocycles. The molecule has 0 radical (unpaired) electrons. The van der Waals surface area contributed by atoms with Gasteiger partial charge in [0.1, 0.15) is 4.87 Å². The molecule has 6 atom stereocenters. The minimum Gasteiger partial charge on any atom is -0.481 e. The number of rotatable bonds is 15. The topological polar surface area (TPSA) is 186 Å². The van der Waals surface area contributed by atoms with Gasteiger partial charge in [-0.05, 0) is 189 Å². The highest BCUT2D eigenvalue weighted by atomic mass is 35.5. The van der Waals surface area contributed by atoms with Crippen molar-refractivity contribution in [3.8, 4) is 55.6 Å². The molecule has 11 aliphatic carbocycles. The van der Waals surface area contributed by atoms with Crippen LogP contribution in [0.2, 0.25) is 0 Å². The maximum absolute atomic E-state index is 12.7. The van der Waals surface area contributed by atoms with Gasteiger partial charge in [0.05, 0.1) is 59.2 Å². The highest BCUT2D eigenvalue weighted by Gasteiger charge is 2.86. The summed E-state index contributed by atoms with van der Waals surface area (Å²) in [5.41, 5.74) is 27.1. The molecule has 11 aliphatic rings. The van der Waals surface area contributed by atoms with Crippen molar-refractivity contribution in [1.29, 1.82) is 0 Å². The first kappa shape index (κ1) is 50.2. The second-order valence-corrected chi connectivity index (χ2v) is 27.4. The summed E-state index contributed by atoms with van der Waals surface area (Å²) in [7, 11) is 0. The van der Waals surface area contributed by atoms with Crippen molar-refractivity contribution < 1.29 is 49.5 Å². The summed E-state index contributed by atoms with van der Waals surface area (Å²) in [6.45, 7) is 0. The van der Waals surface area contributed by atoms with E-state index in [2.05, 4.69) is 121 Å². The van der Waals surface area contributed by atoms with Crippen LogP contribution in [0.1, 0.15) is 111 Å². The van der Waals surface area contributed by atoms with Crippen molar-refractivity contribution in [3.05, 3.63) is 316 Å². The Labute approximate surface area is 523 Å². The number of hydrogen-bond donors (Lipinski definition) is 5. The fraction of sp³-hybridized carbons (Fsp3) is 0.138. The molecular weight excluding hydrogens is 1160 g/mol. The van der Waals surface area contributed by atoms with E-state index in [1.165, 1.54) is 0 Å². The highest BCUT2D eigenvalue weighted by molar-refractivity contribution is 6.35. The van der Waals surface area contributed by atoms with Crippen molar-refractivity contribution in [2.45, 2.75) is 64.1 Å². The number of fused-ring (bicyclic) bond motifs is 5. The predicted octanol–water partition coefficient (Wildman–Crippen LogP) is 13.3. The molecular formula is C80H45ClO10. The van der Waals surface area contributed by atoms with Crippen LogP contribution in [-0.2, 0) is 83.2 Å². The van der Waals surface area contributed by atoms with E-state index in [0.717, 1.165) is 161 Å². The van der Waals surface area contributed by atoms with E-state index >= 15 is 0 Å². The van der Waals surface area contributed by atoms with E-state index in [1.54, 1.807) is 0 Å². The molecule has 0 aromatic heterocycles. The molecule has 11 heteroatoms. The maximum Gasteiger partial charge on any atom is 0.307 e.